The standard InChI is InChI=1S/C23H44Si/c1-8-24(9-2,23-18(6)16(4)17(5)19(23)7)22-15(3)14-20-12-10-11-13-21(20)22/h15-23H,8-14H2,1-7H3. The van der Waals surface area contributed by atoms with E-state index in [0.717, 1.165) is 52.5 Å². The van der Waals surface area contributed by atoms with Crippen molar-refractivity contribution in [2.75, 3.05) is 0 Å². The van der Waals surface area contributed by atoms with E-state index in [4.69, 9.17) is 0 Å². The molecule has 0 N–H and O–H groups in total. The second-order valence-electron chi connectivity index (χ2n) is 10.3. The monoisotopic (exact) mass is 348 g/mol. The van der Waals surface area contributed by atoms with E-state index in [9.17, 15) is 0 Å². The van der Waals surface area contributed by atoms with E-state index in [1.165, 1.54) is 12.8 Å². The van der Waals surface area contributed by atoms with Crippen LogP contribution in [0.2, 0.25) is 23.2 Å². The summed E-state index contributed by atoms with van der Waals surface area (Å²) in [6, 6.07) is 3.11. The Bertz CT molecular complexity index is 412. The average molecular weight is 349 g/mol. The van der Waals surface area contributed by atoms with Gasteiger partial charge in [0.05, 0.1) is 8.07 Å². The smallest absolute Gasteiger partial charge is 0.0603 e. The summed E-state index contributed by atoms with van der Waals surface area (Å²) in [5.41, 5.74) is 2.23. The summed E-state index contributed by atoms with van der Waals surface area (Å²) in [6.45, 7) is 18.3. The Balaban J connectivity index is 1.99. The van der Waals surface area contributed by atoms with Crippen LogP contribution in [0.4, 0.5) is 0 Å². The van der Waals surface area contributed by atoms with Crippen LogP contribution in [0.5, 0.6) is 0 Å². The summed E-state index contributed by atoms with van der Waals surface area (Å²) >= 11 is 0. The lowest BCUT2D eigenvalue weighted by Gasteiger charge is -2.50. The third kappa shape index (κ3) is 2.67. The van der Waals surface area contributed by atoms with Gasteiger partial charge >= 0.3 is 0 Å². The van der Waals surface area contributed by atoms with Crippen molar-refractivity contribution in [2.45, 2.75) is 104 Å². The predicted molar refractivity (Wildman–Crippen MR) is 110 cm³/mol. The molecular formula is C23H44Si. The van der Waals surface area contributed by atoms with Gasteiger partial charge in [-0.15, -0.1) is 0 Å². The van der Waals surface area contributed by atoms with Crippen molar-refractivity contribution in [3.05, 3.63) is 0 Å². The van der Waals surface area contributed by atoms with Crippen LogP contribution in [0, 0.1) is 41.4 Å². The Morgan fingerprint density at radius 1 is 0.708 bits per heavy atom. The molecule has 3 fully saturated rings. The van der Waals surface area contributed by atoms with Gasteiger partial charge in [0.2, 0.25) is 0 Å². The van der Waals surface area contributed by atoms with Crippen LogP contribution in [0.15, 0.2) is 0 Å². The number of rotatable bonds is 4. The molecule has 24 heavy (non-hydrogen) atoms. The first-order valence-corrected chi connectivity index (χ1v) is 14.0. The molecule has 0 heterocycles. The van der Waals surface area contributed by atoms with Crippen molar-refractivity contribution in [2.24, 2.45) is 41.4 Å². The molecule has 0 bridgehead atoms. The van der Waals surface area contributed by atoms with Gasteiger partial charge in [0, 0.05) is 0 Å². The van der Waals surface area contributed by atoms with Gasteiger partial charge in [0.15, 0.2) is 0 Å². The van der Waals surface area contributed by atoms with Crippen molar-refractivity contribution in [1.29, 1.82) is 0 Å². The molecule has 0 aromatic carbocycles. The molecule has 0 spiro atoms. The summed E-state index contributed by atoms with van der Waals surface area (Å²) in [6.07, 6.45) is 7.77. The van der Waals surface area contributed by atoms with Gasteiger partial charge in [-0.2, -0.15) is 0 Å². The minimum absolute atomic E-state index is 0.939. The van der Waals surface area contributed by atoms with Gasteiger partial charge < -0.3 is 0 Å². The molecule has 0 aromatic heterocycles. The zero-order valence-electron chi connectivity index (χ0n) is 17.6. The van der Waals surface area contributed by atoms with Crippen molar-refractivity contribution < 1.29 is 0 Å². The van der Waals surface area contributed by atoms with Crippen molar-refractivity contribution in [3.63, 3.8) is 0 Å². The van der Waals surface area contributed by atoms with E-state index in [1.54, 1.807) is 31.4 Å². The third-order valence-corrected chi connectivity index (χ3v) is 17.3. The van der Waals surface area contributed by atoms with Crippen molar-refractivity contribution in [3.8, 4) is 0 Å². The Labute approximate surface area is 153 Å². The minimum atomic E-state index is -1.26. The first kappa shape index (κ1) is 19.0. The van der Waals surface area contributed by atoms with Gasteiger partial charge in [-0.3, -0.25) is 0 Å². The second-order valence-corrected chi connectivity index (χ2v) is 15.6. The molecule has 0 aliphatic heterocycles. The quantitative estimate of drug-likeness (QED) is 0.458. The van der Waals surface area contributed by atoms with Gasteiger partial charge in [-0.1, -0.05) is 86.2 Å². The highest BCUT2D eigenvalue weighted by Gasteiger charge is 2.59. The maximum Gasteiger partial charge on any atom is 0.0603 e. The molecule has 3 aliphatic carbocycles. The number of fused-ring (bicyclic) bond motifs is 1. The molecule has 3 rings (SSSR count). The van der Waals surface area contributed by atoms with Gasteiger partial charge in [-0.05, 0) is 58.9 Å². The summed E-state index contributed by atoms with van der Waals surface area (Å²) in [4.78, 5) is 0. The van der Waals surface area contributed by atoms with Crippen molar-refractivity contribution >= 4 is 8.07 Å². The molecule has 0 radical (unpaired) electrons. The Hall–Kier alpha value is 0.217. The molecule has 0 amide bonds. The molecule has 140 valence electrons. The van der Waals surface area contributed by atoms with E-state index in [2.05, 4.69) is 48.5 Å². The maximum atomic E-state index is 2.66. The molecule has 0 saturated heterocycles. The highest BCUT2D eigenvalue weighted by atomic mass is 28.3. The number of hydrogen-bond donors (Lipinski definition) is 0. The molecule has 3 saturated carbocycles. The fourth-order valence-electron chi connectivity index (χ4n) is 8.59. The van der Waals surface area contributed by atoms with Crippen LogP contribution in [0.3, 0.4) is 0 Å². The van der Waals surface area contributed by atoms with Gasteiger partial charge in [0.25, 0.3) is 0 Å². The van der Waals surface area contributed by atoms with Crippen LogP contribution in [0.1, 0.15) is 80.6 Å². The summed E-state index contributed by atoms with van der Waals surface area (Å²) in [7, 11) is -1.26. The summed E-state index contributed by atoms with van der Waals surface area (Å²) in [5, 5.41) is 0. The lowest BCUT2D eigenvalue weighted by molar-refractivity contribution is 0.271. The van der Waals surface area contributed by atoms with E-state index >= 15 is 0 Å². The summed E-state index contributed by atoms with van der Waals surface area (Å²) in [5.74, 6) is 7.06. The first-order chi connectivity index (χ1) is 11.4. The highest BCUT2D eigenvalue weighted by Crippen LogP contribution is 2.65. The van der Waals surface area contributed by atoms with Crippen molar-refractivity contribution in [1.82, 2.24) is 0 Å². The van der Waals surface area contributed by atoms with Gasteiger partial charge in [0.1, 0.15) is 0 Å². The fraction of sp³-hybridized carbons (Fsp3) is 1.00. The SMILES string of the molecule is CC[Si](CC)(C1C(C)C(C)C(C)C1C)C1C(C)CC2CCCCC21. The molecule has 8 unspecified atom stereocenters. The van der Waals surface area contributed by atoms with E-state index in [-0.39, 0.29) is 0 Å². The van der Waals surface area contributed by atoms with Crippen LogP contribution in [0.25, 0.3) is 0 Å². The first-order valence-electron chi connectivity index (χ1n) is 11.4. The predicted octanol–water partition coefficient (Wildman–Crippen LogP) is 7.62. The Morgan fingerprint density at radius 3 is 1.79 bits per heavy atom. The maximum absolute atomic E-state index is 2.66. The van der Waals surface area contributed by atoms with E-state index in [0.29, 0.717) is 0 Å². The van der Waals surface area contributed by atoms with Crippen LogP contribution in [-0.4, -0.2) is 8.07 Å². The summed E-state index contributed by atoms with van der Waals surface area (Å²) < 4.78 is 0. The highest BCUT2D eigenvalue weighted by molar-refractivity contribution is 6.82. The zero-order valence-corrected chi connectivity index (χ0v) is 18.6. The molecule has 3 aliphatic rings. The average Bonchev–Trinajstić information content (AvgIpc) is 3.02. The van der Waals surface area contributed by atoms with E-state index in [1.807, 2.05) is 0 Å². The molecule has 0 aromatic rings. The normalized spacial score (nSPS) is 49.4. The third-order valence-electron chi connectivity index (χ3n) is 9.98. The molecule has 8 atom stereocenters. The van der Waals surface area contributed by atoms with Crippen LogP contribution >= 0.6 is 0 Å². The lowest BCUT2D eigenvalue weighted by Crippen LogP contribution is -2.50. The van der Waals surface area contributed by atoms with Crippen LogP contribution < -0.4 is 0 Å². The Morgan fingerprint density at radius 2 is 1.25 bits per heavy atom. The second kappa shape index (κ2) is 7.09. The zero-order chi connectivity index (χ0) is 17.6. The number of hydrogen-bond acceptors (Lipinski definition) is 0. The van der Waals surface area contributed by atoms with Crippen LogP contribution in [-0.2, 0) is 0 Å². The topological polar surface area (TPSA) is 0 Å². The fourth-order valence-corrected chi connectivity index (χ4v) is 16.7. The lowest BCUT2D eigenvalue weighted by atomic mass is 9.82. The molecular weight excluding hydrogens is 304 g/mol. The van der Waals surface area contributed by atoms with E-state index < -0.39 is 8.07 Å². The molecule has 0 nitrogen and oxygen atoms in total. The Kier molecular flexibility index (Phi) is 5.61. The van der Waals surface area contributed by atoms with Gasteiger partial charge in [-0.25, -0.2) is 0 Å². The minimum Gasteiger partial charge on any atom is -0.0678 e. The largest absolute Gasteiger partial charge is 0.0678 e. The molecule has 1 heteroatoms.